The van der Waals surface area contributed by atoms with Crippen LogP contribution in [0.3, 0.4) is 0 Å². The summed E-state index contributed by atoms with van der Waals surface area (Å²) < 4.78 is 10.9. The third-order valence-corrected chi connectivity index (χ3v) is 4.68. The Morgan fingerprint density at radius 1 is 1.12 bits per heavy atom. The van der Waals surface area contributed by atoms with Crippen LogP contribution >= 0.6 is 11.8 Å². The molecule has 1 aromatic heterocycles. The number of para-hydroxylation sites is 2. The number of rotatable bonds is 6. The fraction of sp³-hybridized carbons (Fsp3) is 0.211. The molecule has 0 saturated heterocycles. The van der Waals surface area contributed by atoms with Crippen molar-refractivity contribution >= 4 is 34.7 Å². The minimum atomic E-state index is -0.479. The topological polar surface area (TPSA) is 72.6 Å². The van der Waals surface area contributed by atoms with Gasteiger partial charge in [0.2, 0.25) is 11.8 Å². The van der Waals surface area contributed by atoms with Crippen LogP contribution in [0.25, 0.3) is 11.1 Å². The lowest BCUT2D eigenvalue weighted by Crippen LogP contribution is -2.23. The third-order valence-electron chi connectivity index (χ3n) is 3.62. The van der Waals surface area contributed by atoms with E-state index < -0.39 is 5.97 Å². The number of oxazole rings is 1. The molecule has 0 N–H and O–H groups in total. The highest BCUT2D eigenvalue weighted by atomic mass is 32.2. The number of nitrogens with zero attached hydrogens (tertiary/aromatic N) is 2. The lowest BCUT2D eigenvalue weighted by atomic mass is 10.2. The predicted octanol–water partition coefficient (Wildman–Crippen LogP) is 3.37. The van der Waals surface area contributed by atoms with E-state index in [2.05, 4.69) is 4.98 Å². The predicted molar refractivity (Wildman–Crippen MR) is 99.0 cm³/mol. The average molecular weight is 370 g/mol. The summed E-state index contributed by atoms with van der Waals surface area (Å²) in [4.78, 5) is 30.7. The van der Waals surface area contributed by atoms with Gasteiger partial charge in [0.15, 0.2) is 12.2 Å². The van der Waals surface area contributed by atoms with Crippen LogP contribution in [0.4, 0.5) is 0 Å². The molecule has 134 valence electrons. The number of hydrogen-bond acceptors (Lipinski definition) is 6. The van der Waals surface area contributed by atoms with E-state index >= 15 is 0 Å². The van der Waals surface area contributed by atoms with Gasteiger partial charge in [-0.1, -0.05) is 24.3 Å². The zero-order chi connectivity index (χ0) is 18.5. The second kappa shape index (κ2) is 8.05. The van der Waals surface area contributed by atoms with Crippen molar-refractivity contribution in [3.63, 3.8) is 0 Å². The Kier molecular flexibility index (Phi) is 5.58. The van der Waals surface area contributed by atoms with Crippen molar-refractivity contribution in [2.45, 2.75) is 11.5 Å². The maximum absolute atomic E-state index is 12.4. The van der Waals surface area contributed by atoms with E-state index in [4.69, 9.17) is 9.15 Å². The first-order valence-electron chi connectivity index (χ1n) is 7.98. The summed E-state index contributed by atoms with van der Waals surface area (Å²) in [7, 11) is 3.40. The van der Waals surface area contributed by atoms with Crippen LogP contribution in [0.2, 0.25) is 0 Å². The molecule has 1 heterocycles. The van der Waals surface area contributed by atoms with Crippen LogP contribution in [0.5, 0.6) is 0 Å². The first-order chi connectivity index (χ1) is 12.5. The van der Waals surface area contributed by atoms with Crippen LogP contribution in [-0.2, 0) is 16.1 Å². The fourth-order valence-electron chi connectivity index (χ4n) is 2.22. The number of fused-ring (bicyclic) bond motifs is 1. The Balaban J connectivity index is 1.66. The van der Waals surface area contributed by atoms with Crippen LogP contribution in [0.15, 0.2) is 57.8 Å². The van der Waals surface area contributed by atoms with Crippen molar-refractivity contribution in [1.82, 2.24) is 9.88 Å². The molecule has 0 atom stereocenters. The molecule has 2 aromatic carbocycles. The SMILES string of the molecule is CN(C)C(=O)CSc1ccccc1C(=O)OCc1nc2ccccc2o1. The van der Waals surface area contributed by atoms with Crippen LogP contribution in [0, 0.1) is 0 Å². The summed E-state index contributed by atoms with van der Waals surface area (Å²) >= 11 is 1.31. The molecule has 7 heteroatoms. The molecule has 3 aromatic rings. The highest BCUT2D eigenvalue weighted by Gasteiger charge is 2.16. The molecule has 0 saturated carbocycles. The lowest BCUT2D eigenvalue weighted by molar-refractivity contribution is -0.125. The summed E-state index contributed by atoms with van der Waals surface area (Å²) in [5.74, 6) is 0.0902. The highest BCUT2D eigenvalue weighted by Crippen LogP contribution is 2.24. The van der Waals surface area contributed by atoms with Crippen molar-refractivity contribution in [3.05, 3.63) is 60.0 Å². The number of esters is 1. The Hall–Kier alpha value is -2.80. The zero-order valence-corrected chi connectivity index (χ0v) is 15.3. The van der Waals surface area contributed by atoms with Gasteiger partial charge >= 0.3 is 5.97 Å². The molecule has 0 spiro atoms. The first kappa shape index (κ1) is 18.0. The van der Waals surface area contributed by atoms with Crippen LogP contribution in [-0.4, -0.2) is 41.6 Å². The second-order valence-corrected chi connectivity index (χ2v) is 6.74. The number of ether oxygens (including phenoxy) is 1. The lowest BCUT2D eigenvalue weighted by Gasteiger charge is -2.11. The van der Waals surface area contributed by atoms with Gasteiger partial charge in [-0.15, -0.1) is 11.8 Å². The quantitative estimate of drug-likeness (QED) is 0.489. The summed E-state index contributed by atoms with van der Waals surface area (Å²) in [6.07, 6.45) is 0. The second-order valence-electron chi connectivity index (χ2n) is 5.72. The monoisotopic (exact) mass is 370 g/mol. The Morgan fingerprint density at radius 3 is 2.62 bits per heavy atom. The number of benzene rings is 2. The molecule has 0 aliphatic carbocycles. The molecule has 3 rings (SSSR count). The van der Waals surface area contributed by atoms with Crippen molar-refractivity contribution in [3.8, 4) is 0 Å². The fourth-order valence-corrected chi connectivity index (χ4v) is 3.24. The van der Waals surface area contributed by atoms with Crippen molar-refractivity contribution in [2.24, 2.45) is 0 Å². The van der Waals surface area contributed by atoms with Crippen LogP contribution < -0.4 is 0 Å². The van der Waals surface area contributed by atoms with E-state index in [0.717, 1.165) is 5.52 Å². The minimum absolute atomic E-state index is 0.0235. The minimum Gasteiger partial charge on any atom is -0.452 e. The van der Waals surface area contributed by atoms with E-state index in [1.54, 1.807) is 38.4 Å². The molecular weight excluding hydrogens is 352 g/mol. The molecular formula is C19H18N2O4S. The number of thioether (sulfide) groups is 1. The zero-order valence-electron chi connectivity index (χ0n) is 14.5. The van der Waals surface area contributed by atoms with Gasteiger partial charge in [0, 0.05) is 19.0 Å². The molecule has 1 amide bonds. The number of hydrogen-bond donors (Lipinski definition) is 0. The van der Waals surface area contributed by atoms with Gasteiger partial charge in [-0.05, 0) is 24.3 Å². The summed E-state index contributed by atoms with van der Waals surface area (Å²) in [5.41, 5.74) is 1.79. The van der Waals surface area contributed by atoms with Gasteiger partial charge in [0.1, 0.15) is 5.52 Å². The molecule has 6 nitrogen and oxygen atoms in total. The van der Waals surface area contributed by atoms with Gasteiger partial charge in [-0.25, -0.2) is 9.78 Å². The van der Waals surface area contributed by atoms with Gasteiger partial charge in [-0.2, -0.15) is 0 Å². The Labute approximate surface area is 155 Å². The maximum Gasteiger partial charge on any atom is 0.339 e. The number of aromatic nitrogens is 1. The largest absolute Gasteiger partial charge is 0.452 e. The van der Waals surface area contributed by atoms with Gasteiger partial charge in [-0.3, -0.25) is 4.79 Å². The Bertz CT molecular complexity index is 903. The average Bonchev–Trinajstić information content (AvgIpc) is 3.07. The maximum atomic E-state index is 12.4. The van der Waals surface area contributed by atoms with E-state index in [9.17, 15) is 9.59 Å². The molecule has 0 radical (unpaired) electrons. The Morgan fingerprint density at radius 2 is 1.85 bits per heavy atom. The van der Waals surface area contributed by atoms with E-state index in [0.29, 0.717) is 21.9 Å². The molecule has 0 aliphatic heterocycles. The first-order valence-corrected chi connectivity index (χ1v) is 8.96. The molecule has 0 unspecified atom stereocenters. The van der Waals surface area contributed by atoms with Crippen LogP contribution in [0.1, 0.15) is 16.2 Å². The molecule has 26 heavy (non-hydrogen) atoms. The molecule has 0 bridgehead atoms. The van der Waals surface area contributed by atoms with E-state index in [1.165, 1.54) is 16.7 Å². The summed E-state index contributed by atoms with van der Waals surface area (Å²) in [5, 5.41) is 0. The van der Waals surface area contributed by atoms with Gasteiger partial charge in [0.05, 0.1) is 11.3 Å². The summed E-state index contributed by atoms with van der Waals surface area (Å²) in [6, 6.07) is 14.4. The number of carbonyl (C=O) groups is 2. The van der Waals surface area contributed by atoms with E-state index in [-0.39, 0.29) is 18.3 Å². The molecule has 0 fully saturated rings. The standard InChI is InChI=1S/C19H18N2O4S/c1-21(2)18(22)12-26-16-10-6-3-7-13(16)19(23)24-11-17-20-14-8-4-5-9-15(14)25-17/h3-10H,11-12H2,1-2H3. The van der Waals surface area contributed by atoms with Crippen molar-refractivity contribution < 1.29 is 18.7 Å². The van der Waals surface area contributed by atoms with E-state index in [1.807, 2.05) is 24.3 Å². The smallest absolute Gasteiger partial charge is 0.339 e. The molecule has 0 aliphatic rings. The number of carbonyl (C=O) groups excluding carboxylic acids is 2. The highest BCUT2D eigenvalue weighted by molar-refractivity contribution is 8.00. The van der Waals surface area contributed by atoms with Gasteiger partial charge < -0.3 is 14.1 Å². The van der Waals surface area contributed by atoms with Gasteiger partial charge in [0.25, 0.3) is 0 Å². The summed E-state index contributed by atoms with van der Waals surface area (Å²) in [6.45, 7) is -0.0524. The van der Waals surface area contributed by atoms with Crippen molar-refractivity contribution in [1.29, 1.82) is 0 Å². The number of amides is 1. The van der Waals surface area contributed by atoms with Crippen molar-refractivity contribution in [2.75, 3.05) is 19.8 Å². The third kappa shape index (κ3) is 4.23. The normalized spacial score (nSPS) is 10.7.